The van der Waals surface area contributed by atoms with E-state index in [1.54, 1.807) is 19.2 Å². The van der Waals surface area contributed by atoms with Gasteiger partial charge in [-0.25, -0.2) is 0 Å². The van der Waals surface area contributed by atoms with Gasteiger partial charge in [-0.3, -0.25) is 4.68 Å². The molecule has 0 aliphatic heterocycles. The summed E-state index contributed by atoms with van der Waals surface area (Å²) >= 11 is 0. The van der Waals surface area contributed by atoms with Crippen LogP contribution < -0.4 is 5.32 Å². The van der Waals surface area contributed by atoms with Crippen molar-refractivity contribution in [3.8, 4) is 11.3 Å². The number of aromatic nitrogens is 2. The van der Waals surface area contributed by atoms with Gasteiger partial charge in [0.15, 0.2) is 5.69 Å². The number of hydrogen-bond donors (Lipinski definition) is 1. The van der Waals surface area contributed by atoms with Crippen LogP contribution >= 0.6 is 0 Å². The van der Waals surface area contributed by atoms with Crippen molar-refractivity contribution < 1.29 is 13.2 Å². The highest BCUT2D eigenvalue weighted by Crippen LogP contribution is 2.32. The van der Waals surface area contributed by atoms with E-state index in [-0.39, 0.29) is 0 Å². The number of benzene rings is 1. The van der Waals surface area contributed by atoms with E-state index in [1.807, 2.05) is 12.1 Å². The van der Waals surface area contributed by atoms with Gasteiger partial charge < -0.3 is 5.32 Å². The summed E-state index contributed by atoms with van der Waals surface area (Å²) in [6, 6.07) is 8.41. The van der Waals surface area contributed by atoms with E-state index in [1.165, 1.54) is 11.7 Å². The van der Waals surface area contributed by atoms with Gasteiger partial charge in [0, 0.05) is 19.2 Å². The molecule has 0 saturated carbocycles. The van der Waals surface area contributed by atoms with Crippen LogP contribution in [-0.2, 0) is 19.8 Å². The third kappa shape index (κ3) is 2.78. The van der Waals surface area contributed by atoms with Crippen LogP contribution in [0.3, 0.4) is 0 Å². The average molecular weight is 269 g/mol. The number of halogens is 3. The van der Waals surface area contributed by atoms with E-state index in [9.17, 15) is 13.2 Å². The van der Waals surface area contributed by atoms with Gasteiger partial charge in [0.1, 0.15) is 0 Å². The number of nitrogens with zero attached hydrogens (tertiary/aromatic N) is 2. The SMILES string of the molecule is CNCc1ccccc1-c1cc(C(F)(F)F)nn1C. The minimum atomic E-state index is -4.42. The van der Waals surface area contributed by atoms with Gasteiger partial charge in [-0.15, -0.1) is 0 Å². The molecule has 1 aromatic heterocycles. The standard InChI is InChI=1S/C13H14F3N3/c1-17-8-9-5-3-4-6-10(9)11-7-12(13(14,15)16)18-19(11)2/h3-7,17H,8H2,1-2H3. The maximum atomic E-state index is 12.7. The van der Waals surface area contributed by atoms with Crippen LogP contribution in [-0.4, -0.2) is 16.8 Å². The minimum absolute atomic E-state index is 0.457. The Morgan fingerprint density at radius 3 is 2.53 bits per heavy atom. The lowest BCUT2D eigenvalue weighted by atomic mass is 10.0. The van der Waals surface area contributed by atoms with Crippen molar-refractivity contribution >= 4 is 0 Å². The molecule has 0 aliphatic rings. The van der Waals surface area contributed by atoms with Crippen molar-refractivity contribution in [2.75, 3.05) is 7.05 Å². The Morgan fingerprint density at radius 2 is 1.95 bits per heavy atom. The zero-order valence-electron chi connectivity index (χ0n) is 10.6. The van der Waals surface area contributed by atoms with Gasteiger partial charge in [-0.05, 0) is 18.7 Å². The van der Waals surface area contributed by atoms with Crippen LogP contribution in [0.4, 0.5) is 13.2 Å². The van der Waals surface area contributed by atoms with Crippen molar-refractivity contribution in [2.45, 2.75) is 12.7 Å². The van der Waals surface area contributed by atoms with E-state index in [2.05, 4.69) is 10.4 Å². The number of hydrogen-bond acceptors (Lipinski definition) is 2. The molecule has 2 aromatic rings. The Bertz CT molecular complexity index is 573. The molecule has 0 unspecified atom stereocenters. The first-order chi connectivity index (χ1) is 8.93. The Balaban J connectivity index is 2.50. The average Bonchev–Trinajstić information content (AvgIpc) is 2.72. The molecule has 1 N–H and O–H groups in total. The Kier molecular flexibility index (Phi) is 3.61. The van der Waals surface area contributed by atoms with Crippen LogP contribution in [0.15, 0.2) is 30.3 Å². The molecule has 0 spiro atoms. The third-order valence-corrected chi connectivity index (χ3v) is 2.83. The molecule has 0 fully saturated rings. The lowest BCUT2D eigenvalue weighted by Gasteiger charge is -2.08. The molecule has 0 bridgehead atoms. The van der Waals surface area contributed by atoms with Gasteiger partial charge in [-0.1, -0.05) is 24.3 Å². The summed E-state index contributed by atoms with van der Waals surface area (Å²) < 4.78 is 39.2. The Labute approximate surface area is 109 Å². The fourth-order valence-corrected chi connectivity index (χ4v) is 1.97. The van der Waals surface area contributed by atoms with Gasteiger partial charge in [-0.2, -0.15) is 18.3 Å². The highest BCUT2D eigenvalue weighted by Gasteiger charge is 2.34. The van der Waals surface area contributed by atoms with Gasteiger partial charge in [0.05, 0.1) is 5.69 Å². The molecule has 0 radical (unpaired) electrons. The first kappa shape index (κ1) is 13.6. The summed E-state index contributed by atoms with van der Waals surface area (Å²) in [5, 5.41) is 6.53. The smallest absolute Gasteiger partial charge is 0.316 e. The highest BCUT2D eigenvalue weighted by molar-refractivity contribution is 5.64. The van der Waals surface area contributed by atoms with E-state index in [0.717, 1.165) is 17.2 Å². The van der Waals surface area contributed by atoms with E-state index in [4.69, 9.17) is 0 Å². The lowest BCUT2D eigenvalue weighted by Crippen LogP contribution is -2.07. The minimum Gasteiger partial charge on any atom is -0.316 e. The summed E-state index contributed by atoms with van der Waals surface area (Å²) in [5.41, 5.74) is 1.27. The zero-order chi connectivity index (χ0) is 14.0. The summed E-state index contributed by atoms with van der Waals surface area (Å²) in [4.78, 5) is 0. The molecule has 102 valence electrons. The second-order valence-electron chi connectivity index (χ2n) is 4.22. The molecule has 0 amide bonds. The predicted octanol–water partition coefficient (Wildman–Crippen LogP) is 2.83. The fraction of sp³-hybridized carbons (Fsp3) is 0.308. The largest absolute Gasteiger partial charge is 0.435 e. The van der Waals surface area contributed by atoms with Crippen molar-refractivity contribution in [3.63, 3.8) is 0 Å². The van der Waals surface area contributed by atoms with Crippen LogP contribution in [0.2, 0.25) is 0 Å². The van der Waals surface area contributed by atoms with Crippen molar-refractivity contribution in [2.24, 2.45) is 7.05 Å². The maximum Gasteiger partial charge on any atom is 0.435 e. The topological polar surface area (TPSA) is 29.9 Å². The first-order valence-corrected chi connectivity index (χ1v) is 5.77. The second kappa shape index (κ2) is 5.05. The number of rotatable bonds is 3. The molecule has 2 rings (SSSR count). The molecule has 19 heavy (non-hydrogen) atoms. The molecule has 1 heterocycles. The number of nitrogens with one attached hydrogen (secondary N) is 1. The summed E-state index contributed by atoms with van der Waals surface area (Å²) in [6.45, 7) is 0.586. The van der Waals surface area contributed by atoms with Crippen LogP contribution in [0.25, 0.3) is 11.3 Å². The molecule has 0 atom stereocenters. The van der Waals surface area contributed by atoms with Gasteiger partial charge in [0.2, 0.25) is 0 Å². The van der Waals surface area contributed by atoms with Crippen LogP contribution in [0, 0.1) is 0 Å². The van der Waals surface area contributed by atoms with Gasteiger partial charge >= 0.3 is 6.18 Å². The van der Waals surface area contributed by atoms with Gasteiger partial charge in [0.25, 0.3) is 0 Å². The molecular formula is C13H14F3N3. The normalized spacial score (nSPS) is 11.8. The summed E-state index contributed by atoms with van der Waals surface area (Å²) in [5.74, 6) is 0. The van der Waals surface area contributed by atoms with Crippen molar-refractivity contribution in [1.82, 2.24) is 15.1 Å². The van der Waals surface area contributed by atoms with E-state index in [0.29, 0.717) is 12.2 Å². The lowest BCUT2D eigenvalue weighted by molar-refractivity contribution is -0.141. The predicted molar refractivity (Wildman–Crippen MR) is 66.4 cm³/mol. The van der Waals surface area contributed by atoms with Crippen molar-refractivity contribution in [1.29, 1.82) is 0 Å². The highest BCUT2D eigenvalue weighted by atomic mass is 19.4. The monoisotopic (exact) mass is 269 g/mol. The van der Waals surface area contributed by atoms with E-state index < -0.39 is 11.9 Å². The Hall–Kier alpha value is -1.82. The summed E-state index contributed by atoms with van der Waals surface area (Å²) in [6.07, 6.45) is -4.42. The third-order valence-electron chi connectivity index (χ3n) is 2.83. The first-order valence-electron chi connectivity index (χ1n) is 5.77. The molecule has 6 heteroatoms. The van der Waals surface area contributed by atoms with E-state index >= 15 is 0 Å². The molecule has 0 aliphatic carbocycles. The van der Waals surface area contributed by atoms with Crippen molar-refractivity contribution in [3.05, 3.63) is 41.6 Å². The zero-order valence-corrected chi connectivity index (χ0v) is 10.6. The van der Waals surface area contributed by atoms with Crippen LogP contribution in [0.1, 0.15) is 11.3 Å². The molecule has 3 nitrogen and oxygen atoms in total. The molecule has 1 aromatic carbocycles. The molecule has 0 saturated heterocycles. The fourth-order valence-electron chi connectivity index (χ4n) is 1.97. The quantitative estimate of drug-likeness (QED) is 0.928. The second-order valence-corrected chi connectivity index (χ2v) is 4.22. The number of alkyl halides is 3. The summed E-state index contributed by atoms with van der Waals surface area (Å²) in [7, 11) is 3.31. The molecular weight excluding hydrogens is 255 g/mol. The number of aryl methyl sites for hydroxylation is 1. The Morgan fingerprint density at radius 1 is 1.26 bits per heavy atom. The van der Waals surface area contributed by atoms with Crippen LogP contribution in [0.5, 0.6) is 0 Å². The maximum absolute atomic E-state index is 12.7.